The molecule has 0 saturated carbocycles. The molecule has 0 spiro atoms. The first-order chi connectivity index (χ1) is 9.88. The van der Waals surface area contributed by atoms with Gasteiger partial charge in [0.25, 0.3) is 0 Å². The molecule has 0 fully saturated rings. The molecule has 0 aliphatic heterocycles. The number of hydrogen-bond acceptors (Lipinski definition) is 2. The topological polar surface area (TPSA) is 23.5 Å². The number of aromatic hydroxyl groups is 1. The Morgan fingerprint density at radius 1 is 1.05 bits per heavy atom. The standard InChI is InChI=1S/C18H22ClNO/c1-12-9-13(2)18(14(3)10-12)17(19)11-20(4)15-5-7-16(21)8-6-15/h5-10,17,21H,11H2,1-4H3. The first-order valence-electron chi connectivity index (χ1n) is 7.10. The van der Waals surface area contributed by atoms with Crippen LogP contribution in [0.2, 0.25) is 0 Å². The second-order valence-corrected chi connectivity index (χ2v) is 6.20. The summed E-state index contributed by atoms with van der Waals surface area (Å²) in [6.45, 7) is 7.06. The van der Waals surface area contributed by atoms with E-state index in [1.165, 1.54) is 22.3 Å². The van der Waals surface area contributed by atoms with Crippen molar-refractivity contribution >= 4 is 17.3 Å². The number of phenolic OH excluding ortho intramolecular Hbond substituents is 1. The lowest BCUT2D eigenvalue weighted by molar-refractivity contribution is 0.475. The summed E-state index contributed by atoms with van der Waals surface area (Å²) in [5.41, 5.74) is 6.01. The molecule has 0 aliphatic carbocycles. The highest BCUT2D eigenvalue weighted by Crippen LogP contribution is 2.30. The molecule has 0 radical (unpaired) electrons. The monoisotopic (exact) mass is 303 g/mol. The van der Waals surface area contributed by atoms with Crippen molar-refractivity contribution in [2.24, 2.45) is 0 Å². The molecule has 2 aromatic carbocycles. The maximum Gasteiger partial charge on any atom is 0.115 e. The Bertz CT molecular complexity index is 599. The van der Waals surface area contributed by atoms with Gasteiger partial charge in [-0.25, -0.2) is 0 Å². The lowest BCUT2D eigenvalue weighted by Gasteiger charge is -2.24. The lowest BCUT2D eigenvalue weighted by Crippen LogP contribution is -2.22. The largest absolute Gasteiger partial charge is 0.508 e. The second-order valence-electron chi connectivity index (χ2n) is 5.68. The Morgan fingerprint density at radius 2 is 1.57 bits per heavy atom. The zero-order valence-electron chi connectivity index (χ0n) is 13.0. The van der Waals surface area contributed by atoms with Crippen LogP contribution in [0.1, 0.15) is 27.6 Å². The smallest absolute Gasteiger partial charge is 0.115 e. The van der Waals surface area contributed by atoms with Crippen LogP contribution < -0.4 is 4.90 Å². The third-order valence-corrected chi connectivity index (χ3v) is 4.13. The fourth-order valence-electron chi connectivity index (χ4n) is 2.83. The molecule has 0 saturated heterocycles. The second kappa shape index (κ2) is 6.40. The summed E-state index contributed by atoms with van der Waals surface area (Å²) >= 11 is 6.65. The number of benzene rings is 2. The number of likely N-dealkylation sites (N-methyl/N-ethyl adjacent to an activating group) is 1. The Balaban J connectivity index is 2.18. The summed E-state index contributed by atoms with van der Waals surface area (Å²) in [6, 6.07) is 11.5. The average Bonchev–Trinajstić information content (AvgIpc) is 2.37. The van der Waals surface area contributed by atoms with E-state index in [1.54, 1.807) is 12.1 Å². The molecule has 3 heteroatoms. The van der Waals surface area contributed by atoms with Crippen molar-refractivity contribution < 1.29 is 5.11 Å². The van der Waals surface area contributed by atoms with E-state index >= 15 is 0 Å². The number of nitrogens with zero attached hydrogens (tertiary/aromatic N) is 1. The molecule has 2 rings (SSSR count). The van der Waals surface area contributed by atoms with Gasteiger partial charge in [0.2, 0.25) is 0 Å². The highest BCUT2D eigenvalue weighted by molar-refractivity contribution is 6.21. The predicted octanol–water partition coefficient (Wildman–Crippen LogP) is 4.73. The molecule has 0 amide bonds. The van der Waals surface area contributed by atoms with E-state index in [0.717, 1.165) is 12.2 Å². The highest BCUT2D eigenvalue weighted by atomic mass is 35.5. The van der Waals surface area contributed by atoms with Crippen molar-refractivity contribution in [2.75, 3.05) is 18.5 Å². The van der Waals surface area contributed by atoms with Gasteiger partial charge in [-0.1, -0.05) is 17.7 Å². The molecule has 2 nitrogen and oxygen atoms in total. The van der Waals surface area contributed by atoms with E-state index in [4.69, 9.17) is 11.6 Å². The molecule has 1 N–H and O–H groups in total. The molecule has 2 aromatic rings. The minimum atomic E-state index is -0.0654. The fraction of sp³-hybridized carbons (Fsp3) is 0.333. The van der Waals surface area contributed by atoms with E-state index < -0.39 is 0 Å². The average molecular weight is 304 g/mol. The summed E-state index contributed by atoms with van der Waals surface area (Å²) in [5, 5.41) is 9.29. The lowest BCUT2D eigenvalue weighted by atomic mass is 9.97. The van der Waals surface area contributed by atoms with Crippen LogP contribution >= 0.6 is 11.6 Å². The molecule has 0 aromatic heterocycles. The van der Waals surface area contributed by atoms with Gasteiger partial charge in [-0.2, -0.15) is 0 Å². The van der Waals surface area contributed by atoms with Gasteiger partial charge in [0.05, 0.1) is 5.38 Å². The minimum absolute atomic E-state index is 0.0654. The molecular formula is C18H22ClNO. The van der Waals surface area contributed by atoms with Crippen LogP contribution in [0.3, 0.4) is 0 Å². The normalized spacial score (nSPS) is 12.2. The summed E-state index contributed by atoms with van der Waals surface area (Å²) in [5.74, 6) is 0.278. The molecule has 1 atom stereocenters. The minimum Gasteiger partial charge on any atom is -0.508 e. The van der Waals surface area contributed by atoms with Crippen molar-refractivity contribution in [1.82, 2.24) is 0 Å². The molecule has 21 heavy (non-hydrogen) atoms. The van der Waals surface area contributed by atoms with Gasteiger partial charge in [-0.3, -0.25) is 0 Å². The van der Waals surface area contributed by atoms with Gasteiger partial charge in [0.15, 0.2) is 0 Å². The van der Waals surface area contributed by atoms with Gasteiger partial charge in [-0.15, -0.1) is 11.6 Å². The molecule has 1 unspecified atom stereocenters. The van der Waals surface area contributed by atoms with E-state index in [1.807, 2.05) is 19.2 Å². The fourth-order valence-corrected chi connectivity index (χ4v) is 3.38. The maximum absolute atomic E-state index is 9.35. The van der Waals surface area contributed by atoms with Crippen molar-refractivity contribution in [1.29, 1.82) is 0 Å². The number of phenols is 1. The number of rotatable bonds is 4. The van der Waals surface area contributed by atoms with Crippen LogP contribution in [0.25, 0.3) is 0 Å². The van der Waals surface area contributed by atoms with Crippen LogP contribution in [0.15, 0.2) is 36.4 Å². The Kier molecular flexibility index (Phi) is 4.79. The van der Waals surface area contributed by atoms with Crippen LogP contribution in [0.5, 0.6) is 5.75 Å². The zero-order valence-corrected chi connectivity index (χ0v) is 13.8. The van der Waals surface area contributed by atoms with Crippen molar-refractivity contribution in [3.8, 4) is 5.75 Å². The highest BCUT2D eigenvalue weighted by Gasteiger charge is 2.16. The van der Waals surface area contributed by atoms with E-state index in [2.05, 4.69) is 37.8 Å². The van der Waals surface area contributed by atoms with Crippen molar-refractivity contribution in [3.63, 3.8) is 0 Å². The molecule has 0 bridgehead atoms. The summed E-state index contributed by atoms with van der Waals surface area (Å²) in [4.78, 5) is 2.11. The zero-order chi connectivity index (χ0) is 15.6. The summed E-state index contributed by atoms with van der Waals surface area (Å²) in [6.07, 6.45) is 0. The van der Waals surface area contributed by atoms with Crippen LogP contribution in [-0.4, -0.2) is 18.7 Å². The number of hydrogen-bond donors (Lipinski definition) is 1. The van der Waals surface area contributed by atoms with Gasteiger partial charge >= 0.3 is 0 Å². The Labute approximate surface area is 132 Å². The third-order valence-electron chi connectivity index (χ3n) is 3.78. The molecule has 0 heterocycles. The van der Waals surface area contributed by atoms with E-state index in [-0.39, 0.29) is 11.1 Å². The molecule has 112 valence electrons. The first kappa shape index (κ1) is 15.7. The summed E-state index contributed by atoms with van der Waals surface area (Å²) in [7, 11) is 2.01. The van der Waals surface area contributed by atoms with Gasteiger partial charge < -0.3 is 10.0 Å². The quantitative estimate of drug-likeness (QED) is 0.825. The Morgan fingerprint density at radius 3 is 2.10 bits per heavy atom. The SMILES string of the molecule is Cc1cc(C)c(C(Cl)CN(C)c2ccc(O)cc2)c(C)c1. The molecule has 0 aliphatic rings. The number of halogens is 1. The van der Waals surface area contributed by atoms with Crippen LogP contribution in [0, 0.1) is 20.8 Å². The van der Waals surface area contributed by atoms with E-state index in [0.29, 0.717) is 0 Å². The van der Waals surface area contributed by atoms with Crippen molar-refractivity contribution in [3.05, 3.63) is 58.7 Å². The summed E-state index contributed by atoms with van der Waals surface area (Å²) < 4.78 is 0. The third kappa shape index (κ3) is 3.70. The predicted molar refractivity (Wildman–Crippen MR) is 90.6 cm³/mol. The maximum atomic E-state index is 9.35. The van der Waals surface area contributed by atoms with Gasteiger partial charge in [0, 0.05) is 19.3 Å². The van der Waals surface area contributed by atoms with Crippen LogP contribution in [0.4, 0.5) is 5.69 Å². The number of aryl methyl sites for hydroxylation is 3. The van der Waals surface area contributed by atoms with Crippen LogP contribution in [-0.2, 0) is 0 Å². The first-order valence-corrected chi connectivity index (χ1v) is 7.54. The van der Waals surface area contributed by atoms with E-state index in [9.17, 15) is 5.11 Å². The molecular weight excluding hydrogens is 282 g/mol. The Hall–Kier alpha value is -1.67. The van der Waals surface area contributed by atoms with Gasteiger partial charge in [-0.05, 0) is 61.7 Å². The van der Waals surface area contributed by atoms with Crippen molar-refractivity contribution in [2.45, 2.75) is 26.1 Å². The van der Waals surface area contributed by atoms with Gasteiger partial charge in [0.1, 0.15) is 5.75 Å². The number of alkyl halides is 1. The number of anilines is 1.